The van der Waals surface area contributed by atoms with Gasteiger partial charge in [0, 0.05) is 49.7 Å². The van der Waals surface area contributed by atoms with Crippen molar-refractivity contribution in [1.82, 2.24) is 25.3 Å². The summed E-state index contributed by atoms with van der Waals surface area (Å²) >= 11 is 0. The van der Waals surface area contributed by atoms with E-state index < -0.39 is 12.0 Å². The Balaban J connectivity index is 1.31. The Hall–Kier alpha value is -3.87. The van der Waals surface area contributed by atoms with Crippen LogP contribution < -0.4 is 15.5 Å². The van der Waals surface area contributed by atoms with E-state index in [0.29, 0.717) is 67.2 Å². The van der Waals surface area contributed by atoms with Crippen LogP contribution >= 0.6 is 0 Å². The van der Waals surface area contributed by atoms with Gasteiger partial charge in [-0.05, 0) is 25.5 Å². The molecule has 2 unspecified atom stereocenters. The monoisotopic (exact) mass is 491 g/mol. The maximum atomic E-state index is 13.1. The number of β-amino-alcohol motifs (C(OH)–C–C–N with tert-alkyl or cyclic N) is 1. The molecule has 4 aromatic rings. The van der Waals surface area contributed by atoms with E-state index in [2.05, 4.69) is 30.6 Å². The summed E-state index contributed by atoms with van der Waals surface area (Å²) in [5.41, 5.74) is 2.92. The van der Waals surface area contributed by atoms with E-state index in [1.54, 1.807) is 18.3 Å². The molecule has 4 aromatic heterocycles. The Kier molecular flexibility index (Phi) is 5.83. The fourth-order valence-electron chi connectivity index (χ4n) is 4.38. The minimum atomic E-state index is -0.470. The van der Waals surface area contributed by atoms with E-state index in [9.17, 15) is 9.90 Å². The van der Waals surface area contributed by atoms with Gasteiger partial charge in [-0.3, -0.25) is 9.78 Å². The molecule has 12 nitrogen and oxygen atoms in total. The first-order valence-electron chi connectivity index (χ1n) is 11.8. The summed E-state index contributed by atoms with van der Waals surface area (Å²) in [6.07, 6.45) is 2.80. The first kappa shape index (κ1) is 22.6. The number of aromatic nitrogens is 4. The highest BCUT2D eigenvalue weighted by Gasteiger charge is 2.28. The number of morpholine rings is 1. The number of aliphatic hydroxyl groups is 1. The predicted octanol–water partition coefficient (Wildman–Crippen LogP) is 2.07. The molecule has 2 atom stereocenters. The number of carbonyl (C=O) groups is 1. The molecule has 3 N–H and O–H groups in total. The molecule has 6 rings (SSSR count). The van der Waals surface area contributed by atoms with Crippen molar-refractivity contribution in [3.05, 3.63) is 47.9 Å². The molecule has 0 saturated carbocycles. The highest BCUT2D eigenvalue weighted by Crippen LogP contribution is 2.33. The number of anilines is 2. The van der Waals surface area contributed by atoms with Gasteiger partial charge < -0.3 is 34.2 Å². The van der Waals surface area contributed by atoms with Crippen molar-refractivity contribution in [2.24, 2.45) is 0 Å². The number of fused-ring (bicyclic) bond motifs is 1. The van der Waals surface area contributed by atoms with Gasteiger partial charge in [0.25, 0.3) is 5.91 Å². The molecule has 0 aromatic carbocycles. The molecule has 2 aliphatic heterocycles. The Morgan fingerprint density at radius 1 is 1.28 bits per heavy atom. The summed E-state index contributed by atoms with van der Waals surface area (Å²) < 4.78 is 17.2. The molecule has 0 bridgehead atoms. The Bertz CT molecular complexity index is 1410. The minimum absolute atomic E-state index is 0.118. The molecule has 1 amide bonds. The van der Waals surface area contributed by atoms with Crippen molar-refractivity contribution < 1.29 is 23.5 Å². The Morgan fingerprint density at radius 3 is 2.97 bits per heavy atom. The number of nitrogens with zero attached hydrogens (tertiary/aromatic N) is 5. The average molecular weight is 492 g/mol. The molecular formula is C24H25N7O5. The van der Waals surface area contributed by atoms with E-state index in [1.165, 1.54) is 6.26 Å². The summed E-state index contributed by atoms with van der Waals surface area (Å²) in [5.74, 6) is 0.790. The SMILES string of the molecule is Cc1cc(-c2nc(C(=O)Nc3cc4oc(C5CNCCO5)nc4nc3N3CCC(O)C3)co2)ccn1. The highest BCUT2D eigenvalue weighted by molar-refractivity contribution is 6.05. The Labute approximate surface area is 205 Å². The zero-order valence-corrected chi connectivity index (χ0v) is 19.6. The molecule has 2 saturated heterocycles. The van der Waals surface area contributed by atoms with Crippen LogP contribution in [0.3, 0.4) is 0 Å². The van der Waals surface area contributed by atoms with E-state index >= 15 is 0 Å². The Morgan fingerprint density at radius 2 is 2.19 bits per heavy atom. The minimum Gasteiger partial charge on any atom is -0.444 e. The second-order valence-electron chi connectivity index (χ2n) is 8.86. The van der Waals surface area contributed by atoms with Crippen LogP contribution in [0.25, 0.3) is 22.7 Å². The third-order valence-electron chi connectivity index (χ3n) is 6.17. The van der Waals surface area contributed by atoms with Gasteiger partial charge in [-0.1, -0.05) is 0 Å². The summed E-state index contributed by atoms with van der Waals surface area (Å²) in [4.78, 5) is 32.8. The molecule has 0 aliphatic carbocycles. The van der Waals surface area contributed by atoms with Crippen molar-refractivity contribution in [2.75, 3.05) is 43.0 Å². The van der Waals surface area contributed by atoms with E-state index in [1.807, 2.05) is 17.9 Å². The van der Waals surface area contributed by atoms with Crippen molar-refractivity contribution >= 4 is 28.6 Å². The molecular weight excluding hydrogens is 466 g/mol. The number of hydrogen-bond donors (Lipinski definition) is 3. The second-order valence-corrected chi connectivity index (χ2v) is 8.86. The average Bonchev–Trinajstić information content (AvgIpc) is 3.63. The van der Waals surface area contributed by atoms with Gasteiger partial charge in [0.15, 0.2) is 17.1 Å². The summed E-state index contributed by atoms with van der Waals surface area (Å²) in [7, 11) is 0. The number of oxazole rings is 2. The number of ether oxygens (including phenoxy) is 1. The molecule has 2 aliphatic rings. The van der Waals surface area contributed by atoms with Crippen molar-refractivity contribution in [1.29, 1.82) is 0 Å². The lowest BCUT2D eigenvalue weighted by Gasteiger charge is -2.20. The lowest BCUT2D eigenvalue weighted by atomic mass is 10.2. The molecule has 12 heteroatoms. The quantitative estimate of drug-likeness (QED) is 0.376. The molecule has 36 heavy (non-hydrogen) atoms. The summed E-state index contributed by atoms with van der Waals surface area (Å²) in [5, 5.41) is 16.2. The first-order valence-corrected chi connectivity index (χ1v) is 11.8. The molecule has 0 radical (unpaired) electrons. The molecule has 2 fully saturated rings. The second kappa shape index (κ2) is 9.30. The van der Waals surface area contributed by atoms with Gasteiger partial charge in [0.2, 0.25) is 17.4 Å². The number of hydrogen-bond acceptors (Lipinski definition) is 11. The van der Waals surface area contributed by atoms with Crippen LogP contribution in [-0.4, -0.2) is 69.8 Å². The standard InChI is InChI=1S/C24H25N7O5/c1-13-8-14(2-4-26-13)23-28-17(12-35-23)22(33)27-16-9-18-20(29-21(16)31-6-3-15(32)11-31)30-24(36-18)19-10-25-5-7-34-19/h2,4,8-9,12,15,19,25,32H,3,5-7,10-11H2,1H3,(H,27,33). The number of carbonyl (C=O) groups excluding carboxylic acids is 1. The van der Waals surface area contributed by atoms with Crippen molar-refractivity contribution in [3.8, 4) is 11.5 Å². The third-order valence-corrected chi connectivity index (χ3v) is 6.17. The van der Waals surface area contributed by atoms with E-state index in [0.717, 1.165) is 17.8 Å². The van der Waals surface area contributed by atoms with Gasteiger partial charge >= 0.3 is 0 Å². The van der Waals surface area contributed by atoms with Crippen LogP contribution in [-0.2, 0) is 4.74 Å². The zero-order valence-electron chi connectivity index (χ0n) is 19.6. The number of aliphatic hydroxyl groups excluding tert-OH is 1. The van der Waals surface area contributed by atoms with Crippen LogP contribution in [0.4, 0.5) is 11.5 Å². The number of nitrogens with one attached hydrogen (secondary N) is 2. The maximum Gasteiger partial charge on any atom is 0.277 e. The van der Waals surface area contributed by atoms with Gasteiger partial charge in [-0.25, -0.2) is 9.97 Å². The number of aryl methyl sites for hydroxylation is 1. The largest absolute Gasteiger partial charge is 0.444 e. The fourth-order valence-corrected chi connectivity index (χ4v) is 4.38. The van der Waals surface area contributed by atoms with Crippen LogP contribution in [0.2, 0.25) is 0 Å². The third kappa shape index (κ3) is 4.41. The van der Waals surface area contributed by atoms with E-state index in [4.69, 9.17) is 13.6 Å². The van der Waals surface area contributed by atoms with Crippen molar-refractivity contribution in [2.45, 2.75) is 25.6 Å². The zero-order chi connectivity index (χ0) is 24.6. The van der Waals surface area contributed by atoms with Gasteiger partial charge in [-0.15, -0.1) is 0 Å². The van der Waals surface area contributed by atoms with Gasteiger partial charge in [-0.2, -0.15) is 4.98 Å². The normalized spacial score (nSPS) is 20.2. The van der Waals surface area contributed by atoms with Crippen LogP contribution in [0.15, 0.2) is 39.5 Å². The van der Waals surface area contributed by atoms with Crippen LogP contribution in [0, 0.1) is 6.92 Å². The number of pyridine rings is 2. The highest BCUT2D eigenvalue weighted by atomic mass is 16.5. The number of amides is 1. The first-order chi connectivity index (χ1) is 17.5. The molecule has 6 heterocycles. The van der Waals surface area contributed by atoms with Crippen LogP contribution in [0.1, 0.15) is 34.6 Å². The fraction of sp³-hybridized carbons (Fsp3) is 0.375. The van der Waals surface area contributed by atoms with E-state index in [-0.39, 0.29) is 11.8 Å². The molecule has 186 valence electrons. The summed E-state index contributed by atoms with van der Waals surface area (Å²) in [6.45, 7) is 4.79. The van der Waals surface area contributed by atoms with Gasteiger partial charge in [0.05, 0.1) is 18.4 Å². The van der Waals surface area contributed by atoms with Crippen molar-refractivity contribution in [3.63, 3.8) is 0 Å². The maximum absolute atomic E-state index is 13.1. The van der Waals surface area contributed by atoms with Gasteiger partial charge in [0.1, 0.15) is 12.4 Å². The number of rotatable bonds is 5. The lowest BCUT2D eigenvalue weighted by Crippen LogP contribution is -2.33. The predicted molar refractivity (Wildman–Crippen MR) is 129 cm³/mol. The molecule has 0 spiro atoms. The summed E-state index contributed by atoms with van der Waals surface area (Å²) in [6, 6.07) is 5.29. The van der Waals surface area contributed by atoms with Crippen LogP contribution in [0.5, 0.6) is 0 Å². The topological polar surface area (TPSA) is 152 Å². The smallest absolute Gasteiger partial charge is 0.277 e. The lowest BCUT2D eigenvalue weighted by molar-refractivity contribution is 0.0118.